The molecule has 0 radical (unpaired) electrons. The van der Waals surface area contributed by atoms with Crippen LogP contribution in [0.5, 0.6) is 5.75 Å². The van der Waals surface area contributed by atoms with Crippen molar-refractivity contribution in [2.45, 2.75) is 43.8 Å². The quantitative estimate of drug-likeness (QED) is 0.106. The largest absolute Gasteiger partial charge is 0.508 e. The van der Waals surface area contributed by atoms with Gasteiger partial charge >= 0.3 is 17.9 Å². The van der Waals surface area contributed by atoms with Crippen LogP contribution in [0.1, 0.15) is 24.8 Å². The van der Waals surface area contributed by atoms with Gasteiger partial charge in [-0.2, -0.15) is 12.6 Å². The van der Waals surface area contributed by atoms with Crippen molar-refractivity contribution < 1.29 is 29.3 Å². The highest BCUT2D eigenvalue weighted by Crippen LogP contribution is 2.10. The number of ether oxygens (including phenoxy) is 1. The molecule has 29 heavy (non-hydrogen) atoms. The molecule has 10 nitrogen and oxygen atoms in total. The van der Waals surface area contributed by atoms with Gasteiger partial charge in [0.05, 0.1) is 0 Å². The lowest BCUT2D eigenvalue weighted by molar-refractivity contribution is -0.161. The molecule has 0 fully saturated rings. The Bertz CT molecular complexity index is 644. The fourth-order valence-electron chi connectivity index (χ4n) is 1.92. The molecule has 11 heteroatoms. The first-order valence-corrected chi connectivity index (χ1v) is 9.59. The molecule has 0 aliphatic rings. The Balaban J connectivity index is 0.000000551. The predicted octanol–water partition coefficient (Wildman–Crippen LogP) is -0.884. The number of phenolic OH excluding ortho intramolecular Hbond substituents is 1. The summed E-state index contributed by atoms with van der Waals surface area (Å²) < 4.78 is 4.49. The number of rotatable bonds is 10. The number of carbonyl (C=O) groups excluding carboxylic acids is 2. The molecule has 0 saturated carbocycles. The molecule has 0 heterocycles. The van der Waals surface area contributed by atoms with E-state index in [1.165, 1.54) is 12.1 Å². The smallest absolute Gasteiger partial charge is 0.331 e. The third-order valence-electron chi connectivity index (χ3n) is 3.68. The third-order valence-corrected chi connectivity index (χ3v) is 4.08. The maximum atomic E-state index is 11.3. The number of nitrogens with two attached hydrogens (primary N) is 4. The van der Waals surface area contributed by atoms with E-state index in [0.29, 0.717) is 13.0 Å². The number of hydrogen-bond donors (Lipinski definition) is 7. The summed E-state index contributed by atoms with van der Waals surface area (Å²) in [6, 6.07) is 3.72. The van der Waals surface area contributed by atoms with Crippen LogP contribution in [0, 0.1) is 0 Å². The zero-order chi connectivity index (χ0) is 22.4. The Morgan fingerprint density at radius 1 is 0.966 bits per heavy atom. The van der Waals surface area contributed by atoms with Crippen LogP contribution < -0.4 is 22.9 Å². The van der Waals surface area contributed by atoms with E-state index in [9.17, 15) is 14.4 Å². The fraction of sp³-hybridized carbons (Fsp3) is 0.500. The summed E-state index contributed by atoms with van der Waals surface area (Å²) in [6.07, 6.45) is 2.22. The second-order valence-corrected chi connectivity index (χ2v) is 6.60. The van der Waals surface area contributed by atoms with Crippen LogP contribution in [0.15, 0.2) is 24.3 Å². The molecule has 0 spiro atoms. The van der Waals surface area contributed by atoms with E-state index in [1.807, 2.05) is 0 Å². The van der Waals surface area contributed by atoms with E-state index in [2.05, 4.69) is 17.4 Å². The number of unbranched alkanes of at least 4 members (excludes halogenated alkanes) is 1. The Labute approximate surface area is 175 Å². The van der Waals surface area contributed by atoms with Gasteiger partial charge in [0.1, 0.15) is 23.9 Å². The number of hydrogen-bond acceptors (Lipinski definition) is 10. The van der Waals surface area contributed by atoms with Crippen molar-refractivity contribution in [3.8, 4) is 5.75 Å². The van der Waals surface area contributed by atoms with Crippen molar-refractivity contribution in [3.05, 3.63) is 29.8 Å². The van der Waals surface area contributed by atoms with Gasteiger partial charge in [-0.05, 0) is 43.5 Å². The van der Waals surface area contributed by atoms with Crippen LogP contribution in [-0.4, -0.2) is 58.5 Å². The SMILES string of the molecule is NCCCC[C@H](N)C(=O)OC(=O)[C@@H](N)CS.N[C@@H](Cc1ccc(O)cc1)C(=O)O. The van der Waals surface area contributed by atoms with Crippen molar-refractivity contribution >= 4 is 30.5 Å². The van der Waals surface area contributed by atoms with E-state index < -0.39 is 36.0 Å². The second-order valence-electron chi connectivity index (χ2n) is 6.24. The normalized spacial score (nSPS) is 13.4. The topological polar surface area (TPSA) is 205 Å². The lowest BCUT2D eigenvalue weighted by atomic mass is 10.1. The molecule has 10 N–H and O–H groups in total. The standard InChI is InChI=1S/C9H19N3O3S.C9H11NO3/c10-4-2-1-3-6(11)8(13)15-9(14)7(12)5-16;10-8(9(12)13)5-6-1-3-7(11)4-2-6/h6-7,16H,1-5,10-12H2;1-4,8,11H,5,10H2,(H,12,13)/t6-,7-;8-/m00/s1. The first kappa shape index (κ1) is 26.8. The number of carboxylic acids is 1. The van der Waals surface area contributed by atoms with Gasteiger partial charge in [-0.15, -0.1) is 0 Å². The number of aliphatic carboxylic acids is 1. The minimum atomic E-state index is -1.02. The molecule has 0 aromatic heterocycles. The molecule has 0 aliphatic heterocycles. The van der Waals surface area contributed by atoms with E-state index in [-0.39, 0.29) is 17.9 Å². The Hall–Kier alpha value is -2.18. The van der Waals surface area contributed by atoms with Gasteiger partial charge < -0.3 is 37.9 Å². The van der Waals surface area contributed by atoms with Crippen LogP contribution in [-0.2, 0) is 25.5 Å². The van der Waals surface area contributed by atoms with E-state index in [1.54, 1.807) is 12.1 Å². The zero-order valence-electron chi connectivity index (χ0n) is 16.1. The summed E-state index contributed by atoms with van der Waals surface area (Å²) in [5.41, 5.74) is 22.3. The van der Waals surface area contributed by atoms with E-state index >= 15 is 0 Å². The zero-order valence-corrected chi connectivity index (χ0v) is 17.0. The Morgan fingerprint density at radius 3 is 2.00 bits per heavy atom. The number of thiol groups is 1. The molecule has 0 saturated heterocycles. The van der Waals surface area contributed by atoms with Crippen molar-refractivity contribution in [3.63, 3.8) is 0 Å². The van der Waals surface area contributed by atoms with Gasteiger partial charge in [-0.1, -0.05) is 18.6 Å². The van der Waals surface area contributed by atoms with Crippen LogP contribution in [0.3, 0.4) is 0 Å². The van der Waals surface area contributed by atoms with Crippen molar-refractivity contribution in [1.82, 2.24) is 0 Å². The summed E-state index contributed by atoms with van der Waals surface area (Å²) in [4.78, 5) is 32.8. The third kappa shape index (κ3) is 12.1. The number of phenols is 1. The monoisotopic (exact) mass is 430 g/mol. The maximum Gasteiger partial charge on any atom is 0.331 e. The summed E-state index contributed by atoms with van der Waals surface area (Å²) >= 11 is 3.82. The number of carboxylic acid groups (broad SMARTS) is 1. The second kappa shape index (κ2) is 14.8. The molecular formula is C18H30N4O6S. The minimum Gasteiger partial charge on any atom is -0.508 e. The number of aromatic hydroxyl groups is 1. The molecular weight excluding hydrogens is 400 g/mol. The molecule has 1 aromatic rings. The van der Waals surface area contributed by atoms with E-state index in [0.717, 1.165) is 18.4 Å². The van der Waals surface area contributed by atoms with Crippen LogP contribution in [0.25, 0.3) is 0 Å². The van der Waals surface area contributed by atoms with Crippen molar-refractivity contribution in [2.24, 2.45) is 22.9 Å². The minimum absolute atomic E-state index is 0.120. The average molecular weight is 431 g/mol. The van der Waals surface area contributed by atoms with Gasteiger partial charge in [-0.25, -0.2) is 9.59 Å². The number of esters is 2. The predicted molar refractivity (Wildman–Crippen MR) is 111 cm³/mol. The lowest BCUT2D eigenvalue weighted by Gasteiger charge is -2.11. The van der Waals surface area contributed by atoms with Gasteiger partial charge in [0.15, 0.2) is 0 Å². The number of benzene rings is 1. The highest BCUT2D eigenvalue weighted by atomic mass is 32.1. The molecule has 0 amide bonds. The van der Waals surface area contributed by atoms with E-state index in [4.69, 9.17) is 33.1 Å². The van der Waals surface area contributed by atoms with Crippen LogP contribution in [0.2, 0.25) is 0 Å². The Morgan fingerprint density at radius 2 is 1.52 bits per heavy atom. The molecule has 3 atom stereocenters. The number of carbonyl (C=O) groups is 3. The first-order valence-electron chi connectivity index (χ1n) is 8.96. The van der Waals surface area contributed by atoms with Gasteiger partial charge in [0, 0.05) is 5.75 Å². The highest BCUT2D eigenvalue weighted by Gasteiger charge is 2.21. The molecule has 1 aromatic carbocycles. The molecule has 0 aliphatic carbocycles. The van der Waals surface area contributed by atoms with Crippen molar-refractivity contribution in [1.29, 1.82) is 0 Å². The molecule has 164 valence electrons. The fourth-order valence-corrected chi connectivity index (χ4v) is 2.07. The summed E-state index contributed by atoms with van der Waals surface area (Å²) in [6.45, 7) is 0.547. The summed E-state index contributed by atoms with van der Waals surface area (Å²) in [5, 5.41) is 17.5. The average Bonchev–Trinajstić information content (AvgIpc) is 2.69. The van der Waals surface area contributed by atoms with Crippen LogP contribution >= 0.6 is 12.6 Å². The molecule has 0 unspecified atom stereocenters. The molecule has 1 rings (SSSR count). The lowest BCUT2D eigenvalue weighted by Crippen LogP contribution is -2.40. The van der Waals surface area contributed by atoms with Gasteiger partial charge in [0.25, 0.3) is 0 Å². The summed E-state index contributed by atoms with van der Waals surface area (Å²) in [5.74, 6) is -2.29. The first-order chi connectivity index (χ1) is 13.6. The molecule has 0 bridgehead atoms. The maximum absolute atomic E-state index is 11.3. The van der Waals surface area contributed by atoms with Gasteiger partial charge in [0.2, 0.25) is 0 Å². The van der Waals surface area contributed by atoms with Crippen molar-refractivity contribution in [2.75, 3.05) is 12.3 Å². The van der Waals surface area contributed by atoms with Gasteiger partial charge in [-0.3, -0.25) is 4.79 Å². The summed E-state index contributed by atoms with van der Waals surface area (Å²) in [7, 11) is 0. The Kier molecular flexibility index (Phi) is 13.7. The van der Waals surface area contributed by atoms with Crippen LogP contribution in [0.4, 0.5) is 0 Å². The highest BCUT2D eigenvalue weighted by molar-refractivity contribution is 7.80.